The van der Waals surface area contributed by atoms with Crippen LogP contribution in [0.15, 0.2) is 36.7 Å². The minimum Gasteiger partial charge on any atom is -0.493 e. The molecule has 3 heterocycles. The maximum Gasteiger partial charge on any atom is 0.391 e. The monoisotopic (exact) mass is 418 g/mol. The summed E-state index contributed by atoms with van der Waals surface area (Å²) in [5, 5.41) is 9.07. The van der Waals surface area contributed by atoms with Crippen molar-refractivity contribution < 1.29 is 22.6 Å². The number of rotatable bonds is 4. The maximum atomic E-state index is 12.9. The van der Waals surface area contributed by atoms with Gasteiger partial charge in [0.1, 0.15) is 5.82 Å². The molecule has 3 aromatic rings. The maximum absolute atomic E-state index is 12.9. The van der Waals surface area contributed by atoms with E-state index in [1.54, 1.807) is 32.7 Å². The Morgan fingerprint density at radius 3 is 2.30 bits per heavy atom. The predicted molar refractivity (Wildman–Crippen MR) is 107 cm³/mol. The quantitative estimate of drug-likeness (QED) is 0.622. The van der Waals surface area contributed by atoms with Crippen LogP contribution < -0.4 is 14.4 Å². The van der Waals surface area contributed by atoms with Crippen LogP contribution in [0.3, 0.4) is 0 Å². The van der Waals surface area contributed by atoms with Crippen molar-refractivity contribution in [2.45, 2.75) is 19.0 Å². The highest BCUT2D eigenvalue weighted by atomic mass is 19.4. The lowest BCUT2D eigenvalue weighted by Crippen LogP contribution is -2.39. The Balaban J connectivity index is 1.60. The predicted octanol–water partition coefficient (Wildman–Crippen LogP) is 4.49. The highest BCUT2D eigenvalue weighted by Gasteiger charge is 2.41. The lowest BCUT2D eigenvalue weighted by molar-refractivity contribution is -0.179. The van der Waals surface area contributed by atoms with Gasteiger partial charge in [-0.1, -0.05) is 0 Å². The van der Waals surface area contributed by atoms with Crippen LogP contribution >= 0.6 is 0 Å². The van der Waals surface area contributed by atoms with Gasteiger partial charge in [-0.3, -0.25) is 0 Å². The molecular formula is C21H21F3N4O2. The van der Waals surface area contributed by atoms with Crippen molar-refractivity contribution in [2.24, 2.45) is 5.92 Å². The van der Waals surface area contributed by atoms with Crippen LogP contribution in [0.25, 0.3) is 22.0 Å². The smallest absolute Gasteiger partial charge is 0.391 e. The van der Waals surface area contributed by atoms with Gasteiger partial charge in [0, 0.05) is 41.9 Å². The average Bonchev–Trinajstić information content (AvgIpc) is 2.77. The Labute approximate surface area is 171 Å². The van der Waals surface area contributed by atoms with Crippen LogP contribution in [0.1, 0.15) is 12.8 Å². The molecule has 0 atom stereocenters. The summed E-state index contributed by atoms with van der Waals surface area (Å²) in [5.41, 5.74) is 2.32. The fourth-order valence-electron chi connectivity index (χ4n) is 3.78. The molecule has 0 amide bonds. The highest BCUT2D eigenvalue weighted by molar-refractivity contribution is 5.95. The first-order valence-electron chi connectivity index (χ1n) is 9.56. The summed E-state index contributed by atoms with van der Waals surface area (Å²) in [7, 11) is 3.12. The van der Waals surface area contributed by atoms with Gasteiger partial charge in [-0.15, -0.1) is 0 Å². The van der Waals surface area contributed by atoms with Crippen molar-refractivity contribution in [3.05, 3.63) is 36.7 Å². The van der Waals surface area contributed by atoms with E-state index in [0.717, 1.165) is 16.5 Å². The largest absolute Gasteiger partial charge is 0.493 e. The molecule has 0 N–H and O–H groups in total. The fourth-order valence-corrected chi connectivity index (χ4v) is 3.78. The molecule has 0 radical (unpaired) electrons. The molecule has 0 saturated carbocycles. The average molecular weight is 418 g/mol. The molecule has 1 aliphatic rings. The van der Waals surface area contributed by atoms with Gasteiger partial charge in [0.15, 0.2) is 11.5 Å². The number of benzene rings is 1. The first-order chi connectivity index (χ1) is 14.4. The van der Waals surface area contributed by atoms with E-state index in [1.165, 1.54) is 0 Å². The molecule has 1 aromatic carbocycles. The van der Waals surface area contributed by atoms with Crippen LogP contribution in [0, 0.1) is 5.92 Å². The van der Waals surface area contributed by atoms with Gasteiger partial charge in [-0.25, -0.2) is 4.98 Å². The Morgan fingerprint density at radius 2 is 1.70 bits per heavy atom. The number of aromatic nitrogens is 3. The van der Waals surface area contributed by atoms with Crippen LogP contribution in [-0.2, 0) is 0 Å². The number of fused-ring (bicyclic) bond motifs is 1. The third kappa shape index (κ3) is 3.83. The van der Waals surface area contributed by atoms with Crippen molar-refractivity contribution in [1.82, 2.24) is 15.2 Å². The molecule has 4 rings (SSSR count). The standard InChI is InChI=1S/C21H21F3N4O2/c1-29-18-9-15-16(12-26-27-17(15)10-19(18)30-2)13-3-4-20(25-11-13)28-7-5-14(6-8-28)21(22,23)24/h3-4,9-12,14H,5-8H2,1-2H3. The van der Waals surface area contributed by atoms with E-state index in [2.05, 4.69) is 15.2 Å². The number of anilines is 1. The van der Waals surface area contributed by atoms with Gasteiger partial charge in [-0.05, 0) is 31.0 Å². The van der Waals surface area contributed by atoms with E-state index >= 15 is 0 Å². The van der Waals surface area contributed by atoms with E-state index in [1.807, 2.05) is 23.1 Å². The van der Waals surface area contributed by atoms with E-state index in [0.29, 0.717) is 35.9 Å². The SMILES string of the molecule is COc1cc2nncc(-c3ccc(N4CCC(C(F)(F)F)CC4)nc3)c2cc1OC. The minimum atomic E-state index is -4.12. The Bertz CT molecular complexity index is 1030. The second-order valence-corrected chi connectivity index (χ2v) is 7.19. The van der Waals surface area contributed by atoms with Crippen molar-refractivity contribution in [1.29, 1.82) is 0 Å². The third-order valence-electron chi connectivity index (χ3n) is 5.49. The molecular weight excluding hydrogens is 397 g/mol. The molecule has 158 valence electrons. The van der Waals surface area contributed by atoms with Crippen LogP contribution in [0.4, 0.5) is 19.0 Å². The number of nitrogens with zero attached hydrogens (tertiary/aromatic N) is 4. The molecule has 0 spiro atoms. The molecule has 0 bridgehead atoms. The summed E-state index contributed by atoms with van der Waals surface area (Å²) in [5.74, 6) is 0.586. The summed E-state index contributed by atoms with van der Waals surface area (Å²) in [6.45, 7) is 0.681. The van der Waals surface area contributed by atoms with Crippen molar-refractivity contribution >= 4 is 16.7 Å². The van der Waals surface area contributed by atoms with Crippen LogP contribution in [0.5, 0.6) is 11.5 Å². The summed E-state index contributed by atoms with van der Waals surface area (Å²) >= 11 is 0. The third-order valence-corrected chi connectivity index (χ3v) is 5.49. The van der Waals surface area contributed by atoms with E-state index in [-0.39, 0.29) is 12.8 Å². The molecule has 1 saturated heterocycles. The first kappa shape index (κ1) is 20.2. The number of alkyl halides is 3. The zero-order chi connectivity index (χ0) is 21.3. The van der Waals surface area contributed by atoms with E-state index < -0.39 is 12.1 Å². The molecule has 0 unspecified atom stereocenters. The highest BCUT2D eigenvalue weighted by Crippen LogP contribution is 2.37. The second kappa shape index (κ2) is 7.97. The number of hydrogen-bond acceptors (Lipinski definition) is 6. The lowest BCUT2D eigenvalue weighted by Gasteiger charge is -2.33. The van der Waals surface area contributed by atoms with Gasteiger partial charge in [0.05, 0.1) is 31.9 Å². The molecule has 6 nitrogen and oxygen atoms in total. The Hall–Kier alpha value is -3.10. The van der Waals surface area contributed by atoms with Gasteiger partial charge in [0.2, 0.25) is 0 Å². The number of methoxy groups -OCH3 is 2. The van der Waals surface area contributed by atoms with Crippen LogP contribution in [-0.4, -0.2) is 48.7 Å². The number of pyridine rings is 1. The first-order valence-corrected chi connectivity index (χ1v) is 9.56. The number of hydrogen-bond donors (Lipinski definition) is 0. The second-order valence-electron chi connectivity index (χ2n) is 7.19. The van der Waals surface area contributed by atoms with Gasteiger partial charge in [0.25, 0.3) is 0 Å². The van der Waals surface area contributed by atoms with Crippen LogP contribution in [0.2, 0.25) is 0 Å². The summed E-state index contributed by atoms with van der Waals surface area (Å²) in [4.78, 5) is 6.38. The number of piperidine rings is 1. The number of ether oxygens (including phenoxy) is 2. The summed E-state index contributed by atoms with van der Waals surface area (Å²) < 4.78 is 49.3. The van der Waals surface area contributed by atoms with E-state index in [4.69, 9.17) is 9.47 Å². The van der Waals surface area contributed by atoms with E-state index in [9.17, 15) is 13.2 Å². The molecule has 1 fully saturated rings. The fraction of sp³-hybridized carbons (Fsp3) is 0.381. The summed E-state index contributed by atoms with van der Waals surface area (Å²) in [6.07, 6.45) is -0.582. The topological polar surface area (TPSA) is 60.4 Å². The molecule has 30 heavy (non-hydrogen) atoms. The van der Waals surface area contributed by atoms with Crippen molar-refractivity contribution in [2.75, 3.05) is 32.2 Å². The molecule has 0 aliphatic carbocycles. The van der Waals surface area contributed by atoms with Gasteiger partial charge < -0.3 is 14.4 Å². The van der Waals surface area contributed by atoms with Gasteiger partial charge >= 0.3 is 6.18 Å². The zero-order valence-electron chi connectivity index (χ0n) is 16.6. The lowest BCUT2D eigenvalue weighted by atomic mass is 9.96. The molecule has 9 heteroatoms. The normalized spacial score (nSPS) is 15.4. The minimum absolute atomic E-state index is 0.0907. The zero-order valence-corrected chi connectivity index (χ0v) is 16.6. The Kier molecular flexibility index (Phi) is 5.36. The Morgan fingerprint density at radius 1 is 1.00 bits per heavy atom. The van der Waals surface area contributed by atoms with Crippen molar-refractivity contribution in [3.63, 3.8) is 0 Å². The molecule has 1 aliphatic heterocycles. The summed E-state index contributed by atoms with van der Waals surface area (Å²) in [6, 6.07) is 7.33. The number of halogens is 3. The van der Waals surface area contributed by atoms with Crippen molar-refractivity contribution in [3.8, 4) is 22.6 Å². The molecule has 2 aromatic heterocycles. The van der Waals surface area contributed by atoms with Gasteiger partial charge in [-0.2, -0.15) is 23.4 Å².